The Balaban J connectivity index is 2.34. The number of aromatic nitrogens is 1. The van der Waals surface area contributed by atoms with E-state index in [0.717, 1.165) is 0 Å². The monoisotopic (exact) mass is 343 g/mol. The van der Waals surface area contributed by atoms with Crippen LogP contribution in [0.25, 0.3) is 0 Å². The molecule has 0 radical (unpaired) electrons. The Morgan fingerprint density at radius 3 is 2.44 bits per heavy atom. The van der Waals surface area contributed by atoms with E-state index >= 15 is 0 Å². The molecule has 7 heteroatoms. The number of amides is 1. The predicted molar refractivity (Wildman–Crippen MR) is 93.9 cm³/mol. The van der Waals surface area contributed by atoms with Crippen molar-refractivity contribution >= 4 is 17.4 Å². The summed E-state index contributed by atoms with van der Waals surface area (Å²) in [5.41, 5.74) is 2.81. The first kappa shape index (κ1) is 18.4. The number of nitro benzene ring substituents is 1. The Kier molecular flexibility index (Phi) is 5.06. The van der Waals surface area contributed by atoms with Crippen LogP contribution in [0.3, 0.4) is 0 Å². The Labute approximate surface area is 145 Å². The van der Waals surface area contributed by atoms with Gasteiger partial charge in [-0.1, -0.05) is 12.1 Å². The average Bonchev–Trinajstić information content (AvgIpc) is 2.87. The van der Waals surface area contributed by atoms with Crippen LogP contribution >= 0.6 is 0 Å². The van der Waals surface area contributed by atoms with Crippen LogP contribution in [0.2, 0.25) is 0 Å². The summed E-state index contributed by atoms with van der Waals surface area (Å²) in [6, 6.07) is 5.85. The number of aromatic amines is 1. The molecule has 0 saturated heterocycles. The summed E-state index contributed by atoms with van der Waals surface area (Å²) in [7, 11) is 1.63. The van der Waals surface area contributed by atoms with Crippen molar-refractivity contribution in [3.63, 3.8) is 0 Å². The van der Waals surface area contributed by atoms with Gasteiger partial charge in [-0.3, -0.25) is 19.7 Å². The van der Waals surface area contributed by atoms with Gasteiger partial charge in [0.1, 0.15) is 5.69 Å². The number of nitro groups is 1. The van der Waals surface area contributed by atoms with Gasteiger partial charge in [-0.25, -0.2) is 0 Å². The molecule has 2 rings (SSSR count). The third-order valence-electron chi connectivity index (χ3n) is 4.47. The molecule has 0 unspecified atom stereocenters. The highest BCUT2D eigenvalue weighted by Crippen LogP contribution is 2.26. The van der Waals surface area contributed by atoms with Gasteiger partial charge in [0.05, 0.1) is 11.0 Å². The minimum atomic E-state index is -0.463. The van der Waals surface area contributed by atoms with E-state index in [4.69, 9.17) is 0 Å². The largest absolute Gasteiger partial charge is 0.354 e. The molecule has 0 aliphatic heterocycles. The Morgan fingerprint density at radius 1 is 1.28 bits per heavy atom. The van der Waals surface area contributed by atoms with E-state index in [1.807, 2.05) is 0 Å². The standard InChI is InChI=1S/C18H21N3O4/c1-10-16(13(4)22)11(2)19-17(10)18(23)20(5)12(3)14-7-6-8-15(9-14)21(24)25/h6-9,12,19H,1-5H3/t12-/m0/s1. The zero-order valence-corrected chi connectivity index (χ0v) is 14.9. The topological polar surface area (TPSA) is 96.3 Å². The van der Waals surface area contributed by atoms with E-state index in [0.29, 0.717) is 28.1 Å². The van der Waals surface area contributed by atoms with Gasteiger partial charge in [0.25, 0.3) is 11.6 Å². The van der Waals surface area contributed by atoms with Crippen molar-refractivity contribution < 1.29 is 14.5 Å². The lowest BCUT2D eigenvalue weighted by atomic mass is 10.0. The fourth-order valence-corrected chi connectivity index (χ4v) is 2.97. The van der Waals surface area contributed by atoms with Gasteiger partial charge in [0.2, 0.25) is 0 Å². The molecule has 1 aromatic carbocycles. The van der Waals surface area contributed by atoms with Gasteiger partial charge in [-0.2, -0.15) is 0 Å². The van der Waals surface area contributed by atoms with Crippen LogP contribution in [-0.2, 0) is 0 Å². The molecule has 1 N–H and O–H groups in total. The number of benzene rings is 1. The number of carbonyl (C=O) groups is 2. The molecular weight excluding hydrogens is 322 g/mol. The van der Waals surface area contributed by atoms with Gasteiger partial charge >= 0.3 is 0 Å². The molecule has 1 amide bonds. The highest BCUT2D eigenvalue weighted by Gasteiger charge is 2.25. The first-order chi connectivity index (χ1) is 11.6. The van der Waals surface area contributed by atoms with Gasteiger partial charge in [-0.15, -0.1) is 0 Å². The van der Waals surface area contributed by atoms with Crippen molar-refractivity contribution in [2.24, 2.45) is 0 Å². The zero-order valence-electron chi connectivity index (χ0n) is 14.9. The highest BCUT2D eigenvalue weighted by atomic mass is 16.6. The summed E-state index contributed by atoms with van der Waals surface area (Å²) >= 11 is 0. The number of nitrogens with one attached hydrogen (secondary N) is 1. The molecule has 0 saturated carbocycles. The fourth-order valence-electron chi connectivity index (χ4n) is 2.97. The summed E-state index contributed by atoms with van der Waals surface area (Å²) < 4.78 is 0. The van der Waals surface area contributed by atoms with Crippen LogP contribution in [0.1, 0.15) is 57.6 Å². The molecule has 0 aliphatic carbocycles. The second-order valence-corrected chi connectivity index (χ2v) is 6.13. The van der Waals surface area contributed by atoms with Crippen molar-refractivity contribution in [1.82, 2.24) is 9.88 Å². The van der Waals surface area contributed by atoms with Crippen molar-refractivity contribution in [3.8, 4) is 0 Å². The minimum Gasteiger partial charge on any atom is -0.354 e. The van der Waals surface area contributed by atoms with E-state index in [9.17, 15) is 19.7 Å². The maximum atomic E-state index is 12.8. The highest BCUT2D eigenvalue weighted by molar-refractivity contribution is 6.02. The van der Waals surface area contributed by atoms with Crippen LogP contribution in [0, 0.1) is 24.0 Å². The van der Waals surface area contributed by atoms with E-state index in [2.05, 4.69) is 4.98 Å². The molecule has 25 heavy (non-hydrogen) atoms. The number of Topliss-reactive ketones (excluding diaryl/α,β-unsaturated/α-hetero) is 1. The van der Waals surface area contributed by atoms with Gasteiger partial charge in [0.15, 0.2) is 5.78 Å². The lowest BCUT2D eigenvalue weighted by Gasteiger charge is -2.25. The lowest BCUT2D eigenvalue weighted by molar-refractivity contribution is -0.384. The van der Waals surface area contributed by atoms with Crippen LogP contribution < -0.4 is 0 Å². The molecule has 132 valence electrons. The van der Waals surface area contributed by atoms with E-state index in [1.165, 1.54) is 24.0 Å². The third kappa shape index (κ3) is 3.45. The first-order valence-electron chi connectivity index (χ1n) is 7.86. The van der Waals surface area contributed by atoms with Crippen LogP contribution in [0.15, 0.2) is 24.3 Å². The van der Waals surface area contributed by atoms with E-state index in [-0.39, 0.29) is 23.4 Å². The molecule has 0 aliphatic rings. The fraction of sp³-hybridized carbons (Fsp3) is 0.333. The summed E-state index contributed by atoms with van der Waals surface area (Å²) in [6.45, 7) is 6.75. The molecule has 1 atom stereocenters. The van der Waals surface area contributed by atoms with Crippen LogP contribution in [0.4, 0.5) is 5.69 Å². The molecule has 1 heterocycles. The average molecular weight is 343 g/mol. The molecule has 1 aromatic heterocycles. The lowest BCUT2D eigenvalue weighted by Crippen LogP contribution is -2.30. The van der Waals surface area contributed by atoms with Crippen molar-refractivity contribution in [2.45, 2.75) is 33.7 Å². The molecule has 7 nitrogen and oxygen atoms in total. The second kappa shape index (κ2) is 6.88. The Hall–Kier alpha value is -2.96. The maximum absolute atomic E-state index is 12.8. The summed E-state index contributed by atoms with van der Waals surface area (Å²) in [5, 5.41) is 10.9. The number of ketones is 1. The number of hydrogen-bond donors (Lipinski definition) is 1. The number of non-ortho nitro benzene ring substituents is 1. The summed E-state index contributed by atoms with van der Waals surface area (Å²) in [4.78, 5) is 39.5. The number of hydrogen-bond acceptors (Lipinski definition) is 4. The molecular formula is C18H21N3O4. The zero-order chi connectivity index (χ0) is 18.9. The molecule has 2 aromatic rings. The normalized spacial score (nSPS) is 11.9. The van der Waals surface area contributed by atoms with Crippen LogP contribution in [-0.4, -0.2) is 33.5 Å². The van der Waals surface area contributed by atoms with E-state index < -0.39 is 4.92 Å². The number of carbonyl (C=O) groups excluding carboxylic acids is 2. The molecule has 0 bridgehead atoms. The molecule has 0 fully saturated rings. The van der Waals surface area contributed by atoms with Crippen molar-refractivity contribution in [3.05, 3.63) is 62.5 Å². The second-order valence-electron chi connectivity index (χ2n) is 6.13. The van der Waals surface area contributed by atoms with Crippen molar-refractivity contribution in [2.75, 3.05) is 7.05 Å². The summed E-state index contributed by atoms with van der Waals surface area (Å²) in [6.07, 6.45) is 0. The minimum absolute atomic E-state index is 0.0176. The SMILES string of the molecule is CC(=O)c1c(C)[nH]c(C(=O)N(C)[C@@H](C)c2cccc([N+](=O)[O-])c2)c1C. The number of rotatable bonds is 5. The van der Waals surface area contributed by atoms with Gasteiger partial charge < -0.3 is 9.88 Å². The summed E-state index contributed by atoms with van der Waals surface area (Å²) in [5.74, 6) is -0.369. The Bertz CT molecular complexity index is 854. The smallest absolute Gasteiger partial charge is 0.270 e. The van der Waals surface area contributed by atoms with Gasteiger partial charge in [0, 0.05) is 30.4 Å². The number of H-pyrrole nitrogens is 1. The number of aryl methyl sites for hydroxylation is 1. The van der Waals surface area contributed by atoms with Crippen molar-refractivity contribution in [1.29, 1.82) is 0 Å². The Morgan fingerprint density at radius 2 is 1.92 bits per heavy atom. The third-order valence-corrected chi connectivity index (χ3v) is 4.47. The first-order valence-corrected chi connectivity index (χ1v) is 7.86. The predicted octanol–water partition coefficient (Wildman–Crippen LogP) is 3.58. The molecule has 0 spiro atoms. The van der Waals surface area contributed by atoms with Gasteiger partial charge in [-0.05, 0) is 38.8 Å². The quantitative estimate of drug-likeness (QED) is 0.510. The van der Waals surface area contributed by atoms with Crippen LogP contribution in [0.5, 0.6) is 0 Å². The number of nitrogens with zero attached hydrogens (tertiary/aromatic N) is 2. The van der Waals surface area contributed by atoms with E-state index in [1.54, 1.807) is 40.0 Å². The maximum Gasteiger partial charge on any atom is 0.270 e.